The third-order valence-electron chi connectivity index (χ3n) is 2.15. The number of aryl methyl sites for hydroxylation is 2. The zero-order chi connectivity index (χ0) is 11.0. The number of carboxylic acid groups (broad SMARTS) is 1. The fourth-order valence-corrected chi connectivity index (χ4v) is 1.39. The van der Waals surface area contributed by atoms with E-state index in [1.54, 1.807) is 24.0 Å². The Labute approximate surface area is 85.8 Å². The van der Waals surface area contributed by atoms with Gasteiger partial charge >= 0.3 is 5.97 Å². The van der Waals surface area contributed by atoms with E-state index in [0.717, 1.165) is 0 Å². The molecule has 15 heavy (non-hydrogen) atoms. The molecule has 0 bridgehead atoms. The zero-order valence-electron chi connectivity index (χ0n) is 8.38. The van der Waals surface area contributed by atoms with E-state index in [0.29, 0.717) is 11.5 Å². The van der Waals surface area contributed by atoms with Crippen molar-refractivity contribution in [3.05, 3.63) is 24.2 Å². The molecule has 1 N–H and O–H groups in total. The fourth-order valence-electron chi connectivity index (χ4n) is 1.39. The van der Waals surface area contributed by atoms with E-state index in [1.165, 1.54) is 10.7 Å². The summed E-state index contributed by atoms with van der Waals surface area (Å²) < 4.78 is 3.11. The lowest BCUT2D eigenvalue weighted by molar-refractivity contribution is 0.0685. The average molecular weight is 206 g/mol. The minimum Gasteiger partial charge on any atom is -0.477 e. The van der Waals surface area contributed by atoms with Crippen LogP contribution in [0.3, 0.4) is 0 Å². The molecule has 0 atom stereocenters. The van der Waals surface area contributed by atoms with Crippen LogP contribution >= 0.6 is 0 Å². The summed E-state index contributed by atoms with van der Waals surface area (Å²) in [6.45, 7) is 0. The van der Waals surface area contributed by atoms with Crippen LogP contribution in [-0.4, -0.2) is 30.4 Å². The topological polar surface area (TPSA) is 72.9 Å². The van der Waals surface area contributed by atoms with Crippen LogP contribution in [0.2, 0.25) is 0 Å². The number of carboxylic acids is 1. The number of carbonyl (C=O) groups is 1. The molecule has 2 aromatic rings. The fraction of sp³-hybridized carbons (Fsp3) is 0.222. The second-order valence-corrected chi connectivity index (χ2v) is 3.21. The van der Waals surface area contributed by atoms with Crippen LogP contribution in [0.15, 0.2) is 18.5 Å². The molecule has 6 nitrogen and oxygen atoms in total. The third-order valence-corrected chi connectivity index (χ3v) is 2.15. The number of aromatic nitrogens is 4. The molecule has 0 spiro atoms. The highest BCUT2D eigenvalue weighted by Gasteiger charge is 2.14. The molecule has 0 saturated carbocycles. The molecule has 2 heterocycles. The molecule has 78 valence electrons. The maximum absolute atomic E-state index is 10.8. The van der Waals surface area contributed by atoms with Gasteiger partial charge in [-0.2, -0.15) is 5.10 Å². The lowest BCUT2D eigenvalue weighted by Gasteiger charge is -1.95. The van der Waals surface area contributed by atoms with Crippen molar-refractivity contribution in [2.24, 2.45) is 14.1 Å². The molecular weight excluding hydrogens is 196 g/mol. The first-order chi connectivity index (χ1) is 7.09. The van der Waals surface area contributed by atoms with Gasteiger partial charge in [-0.1, -0.05) is 0 Å². The molecule has 0 aliphatic heterocycles. The summed E-state index contributed by atoms with van der Waals surface area (Å²) in [5.74, 6) is -0.344. The summed E-state index contributed by atoms with van der Waals surface area (Å²) in [7, 11) is 3.42. The largest absolute Gasteiger partial charge is 0.477 e. The van der Waals surface area contributed by atoms with Crippen LogP contribution in [0.1, 0.15) is 10.5 Å². The van der Waals surface area contributed by atoms with E-state index < -0.39 is 5.97 Å². The molecule has 0 radical (unpaired) electrons. The monoisotopic (exact) mass is 206 g/mol. The lowest BCUT2D eigenvalue weighted by atomic mass is 10.3. The van der Waals surface area contributed by atoms with Gasteiger partial charge in [-0.05, 0) is 0 Å². The van der Waals surface area contributed by atoms with Gasteiger partial charge in [-0.3, -0.25) is 4.68 Å². The van der Waals surface area contributed by atoms with Crippen molar-refractivity contribution in [3.63, 3.8) is 0 Å². The number of hydrogen-bond donors (Lipinski definition) is 1. The van der Waals surface area contributed by atoms with E-state index in [1.807, 2.05) is 7.05 Å². The summed E-state index contributed by atoms with van der Waals surface area (Å²) in [6, 6.07) is 1.50. The molecule has 0 fully saturated rings. The molecule has 0 unspecified atom stereocenters. The lowest BCUT2D eigenvalue weighted by Crippen LogP contribution is -2.04. The van der Waals surface area contributed by atoms with Crippen LogP contribution < -0.4 is 0 Å². The van der Waals surface area contributed by atoms with Gasteiger partial charge in [0.2, 0.25) is 0 Å². The molecule has 0 amide bonds. The zero-order valence-corrected chi connectivity index (χ0v) is 8.38. The Bertz CT molecular complexity index is 512. The molecule has 2 rings (SSSR count). The van der Waals surface area contributed by atoms with Crippen molar-refractivity contribution in [3.8, 4) is 11.5 Å². The normalized spacial score (nSPS) is 10.5. The van der Waals surface area contributed by atoms with Crippen LogP contribution in [0.25, 0.3) is 11.5 Å². The first-order valence-corrected chi connectivity index (χ1v) is 4.34. The van der Waals surface area contributed by atoms with Gasteiger partial charge in [-0.15, -0.1) is 0 Å². The van der Waals surface area contributed by atoms with Gasteiger partial charge in [0, 0.05) is 32.6 Å². The van der Waals surface area contributed by atoms with Crippen LogP contribution in [0, 0.1) is 0 Å². The van der Waals surface area contributed by atoms with Gasteiger partial charge in [0.1, 0.15) is 11.4 Å². The summed E-state index contributed by atoms with van der Waals surface area (Å²) in [6.07, 6.45) is 3.43. The summed E-state index contributed by atoms with van der Waals surface area (Å²) in [5.41, 5.74) is 0.704. The second kappa shape index (κ2) is 3.23. The first-order valence-electron chi connectivity index (χ1n) is 4.34. The Balaban J connectivity index is 2.52. The minimum absolute atomic E-state index is 0.146. The van der Waals surface area contributed by atoms with Crippen LogP contribution in [-0.2, 0) is 14.1 Å². The third kappa shape index (κ3) is 1.50. The molecule has 6 heteroatoms. The van der Waals surface area contributed by atoms with Crippen molar-refractivity contribution in [2.45, 2.75) is 0 Å². The van der Waals surface area contributed by atoms with E-state index in [9.17, 15) is 4.79 Å². The van der Waals surface area contributed by atoms with E-state index >= 15 is 0 Å². The molecule has 2 aromatic heterocycles. The number of rotatable bonds is 2. The van der Waals surface area contributed by atoms with Gasteiger partial charge in [-0.25, -0.2) is 9.78 Å². The standard InChI is InChI=1S/C9H10N4O2/c1-12-4-3-10-8(12)6-5-7(9(14)15)13(2)11-6/h3-5H,1-2H3,(H,14,15). The van der Waals surface area contributed by atoms with E-state index in [4.69, 9.17) is 5.11 Å². The molecule has 0 aliphatic carbocycles. The molecule has 0 aliphatic rings. The average Bonchev–Trinajstić information content (AvgIpc) is 2.71. The summed E-state index contributed by atoms with van der Waals surface area (Å²) in [5, 5.41) is 12.9. The highest BCUT2D eigenvalue weighted by molar-refractivity contribution is 5.86. The number of aromatic carboxylic acids is 1. The Hall–Kier alpha value is -2.11. The van der Waals surface area contributed by atoms with Gasteiger partial charge in [0.25, 0.3) is 0 Å². The van der Waals surface area contributed by atoms with Crippen molar-refractivity contribution in [1.82, 2.24) is 19.3 Å². The number of imidazole rings is 1. The van der Waals surface area contributed by atoms with Crippen molar-refractivity contribution < 1.29 is 9.90 Å². The molecule has 0 saturated heterocycles. The van der Waals surface area contributed by atoms with Gasteiger partial charge in [0.05, 0.1) is 0 Å². The maximum atomic E-state index is 10.8. The van der Waals surface area contributed by atoms with Gasteiger partial charge in [0.15, 0.2) is 5.82 Å². The SMILES string of the molecule is Cn1ccnc1-c1cc(C(=O)O)n(C)n1. The number of hydrogen-bond acceptors (Lipinski definition) is 3. The Morgan fingerprint density at radius 2 is 2.20 bits per heavy atom. The predicted molar refractivity (Wildman–Crippen MR) is 52.4 cm³/mol. The van der Waals surface area contributed by atoms with E-state index in [-0.39, 0.29) is 5.69 Å². The summed E-state index contributed by atoms with van der Waals surface area (Å²) >= 11 is 0. The van der Waals surface area contributed by atoms with Crippen LogP contribution in [0.4, 0.5) is 0 Å². The van der Waals surface area contributed by atoms with Crippen molar-refractivity contribution >= 4 is 5.97 Å². The Kier molecular flexibility index (Phi) is 2.03. The number of nitrogens with zero attached hydrogens (tertiary/aromatic N) is 4. The summed E-state index contributed by atoms with van der Waals surface area (Å²) in [4.78, 5) is 14.9. The Morgan fingerprint density at radius 3 is 2.67 bits per heavy atom. The molecular formula is C9H10N4O2. The van der Waals surface area contributed by atoms with Crippen molar-refractivity contribution in [1.29, 1.82) is 0 Å². The molecule has 0 aromatic carbocycles. The highest BCUT2D eigenvalue weighted by Crippen LogP contribution is 2.15. The van der Waals surface area contributed by atoms with Crippen LogP contribution in [0.5, 0.6) is 0 Å². The van der Waals surface area contributed by atoms with Gasteiger partial charge < -0.3 is 9.67 Å². The first kappa shape index (κ1) is 9.45. The quantitative estimate of drug-likeness (QED) is 0.777. The minimum atomic E-state index is -0.995. The van der Waals surface area contributed by atoms with E-state index in [2.05, 4.69) is 10.1 Å². The second-order valence-electron chi connectivity index (χ2n) is 3.21. The predicted octanol–water partition coefficient (Wildman–Crippen LogP) is 0.519. The van der Waals surface area contributed by atoms with Crippen molar-refractivity contribution in [2.75, 3.05) is 0 Å². The smallest absolute Gasteiger partial charge is 0.354 e. The Morgan fingerprint density at radius 1 is 1.47 bits per heavy atom. The highest BCUT2D eigenvalue weighted by atomic mass is 16.4. The maximum Gasteiger partial charge on any atom is 0.354 e.